The molecule has 2 aromatic rings. The Balaban J connectivity index is 1.71. The summed E-state index contributed by atoms with van der Waals surface area (Å²) in [7, 11) is 0.992. The molecule has 0 aliphatic carbocycles. The molecule has 0 N–H and O–H groups in total. The van der Waals surface area contributed by atoms with Crippen LogP contribution in [-0.4, -0.2) is 42.8 Å². The number of hydrogen-bond acceptors (Lipinski definition) is 4. The summed E-state index contributed by atoms with van der Waals surface area (Å²) in [4.78, 5) is 14.5. The van der Waals surface area contributed by atoms with Gasteiger partial charge in [-0.3, -0.25) is 13.7 Å². The second kappa shape index (κ2) is 6.75. The summed E-state index contributed by atoms with van der Waals surface area (Å²) in [5.41, 5.74) is 2.18. The van der Waals surface area contributed by atoms with E-state index in [1.54, 1.807) is 22.2 Å². The minimum atomic E-state index is -0.861. The monoisotopic (exact) mass is 337 g/mol. The molecule has 1 aliphatic rings. The molecule has 0 radical (unpaired) electrons. The molecule has 2 aromatic heterocycles. The van der Waals surface area contributed by atoms with E-state index in [-0.39, 0.29) is 11.9 Å². The van der Waals surface area contributed by atoms with E-state index >= 15 is 0 Å². The van der Waals surface area contributed by atoms with Gasteiger partial charge in [0.2, 0.25) is 5.91 Å². The number of aromatic nitrogens is 2. The van der Waals surface area contributed by atoms with Gasteiger partial charge in [0.25, 0.3) is 0 Å². The van der Waals surface area contributed by atoms with Crippen molar-refractivity contribution in [1.29, 1.82) is 0 Å². The van der Waals surface area contributed by atoms with E-state index < -0.39 is 10.8 Å². The third kappa shape index (κ3) is 3.47. The molecule has 2 atom stereocenters. The quantitative estimate of drug-likeness (QED) is 0.854. The lowest BCUT2D eigenvalue weighted by atomic mass is 10.1. The lowest BCUT2D eigenvalue weighted by Gasteiger charge is -2.35. The Morgan fingerprint density at radius 3 is 3.09 bits per heavy atom. The van der Waals surface area contributed by atoms with E-state index in [0.717, 1.165) is 12.0 Å². The van der Waals surface area contributed by atoms with Crippen LogP contribution in [0.5, 0.6) is 0 Å². The van der Waals surface area contributed by atoms with Gasteiger partial charge >= 0.3 is 0 Å². The highest BCUT2D eigenvalue weighted by Crippen LogP contribution is 2.26. The third-order valence-electron chi connectivity index (χ3n) is 3.92. The molecule has 2 unspecified atom stereocenters. The van der Waals surface area contributed by atoms with Crippen molar-refractivity contribution >= 4 is 28.0 Å². The fourth-order valence-electron chi connectivity index (χ4n) is 2.72. The van der Waals surface area contributed by atoms with Crippen molar-refractivity contribution in [3.8, 4) is 0 Å². The molecule has 0 spiro atoms. The Morgan fingerprint density at radius 2 is 2.41 bits per heavy atom. The average molecular weight is 337 g/mol. The molecule has 0 bridgehead atoms. The van der Waals surface area contributed by atoms with Crippen LogP contribution >= 0.6 is 11.3 Å². The van der Waals surface area contributed by atoms with Crippen LogP contribution in [0.15, 0.2) is 29.2 Å². The zero-order chi connectivity index (χ0) is 15.5. The van der Waals surface area contributed by atoms with Crippen molar-refractivity contribution in [3.63, 3.8) is 0 Å². The molecule has 3 rings (SSSR count). The van der Waals surface area contributed by atoms with Gasteiger partial charge in [-0.1, -0.05) is 0 Å². The number of carbonyl (C=O) groups is 1. The predicted octanol–water partition coefficient (Wildman–Crippen LogP) is 1.75. The van der Waals surface area contributed by atoms with Crippen LogP contribution in [-0.2, 0) is 29.1 Å². The highest BCUT2D eigenvalue weighted by Gasteiger charge is 2.31. The Kier molecular flexibility index (Phi) is 4.73. The van der Waals surface area contributed by atoms with E-state index in [2.05, 4.69) is 16.5 Å². The van der Waals surface area contributed by atoms with Crippen LogP contribution in [0.3, 0.4) is 0 Å². The number of hydrogen-bond donors (Lipinski definition) is 0. The zero-order valence-electron chi connectivity index (χ0n) is 12.5. The van der Waals surface area contributed by atoms with Crippen LogP contribution in [0.4, 0.5) is 0 Å². The highest BCUT2D eigenvalue weighted by atomic mass is 32.2. The molecule has 0 aromatic carbocycles. The standard InChI is InChI=1S/C15H19N3O2S2/c1-17-9-13(8-16-17)14-11-22(20)7-5-18(14)15(19)3-2-12-4-6-21-10-12/h4,6,8-10,14H,2-3,5,7,11H2,1H3. The predicted molar refractivity (Wildman–Crippen MR) is 88.2 cm³/mol. The SMILES string of the molecule is Cn1cc(C2CS(=O)CCN2C(=O)CCc2ccsc2)cn1. The van der Waals surface area contributed by atoms with Crippen molar-refractivity contribution < 1.29 is 9.00 Å². The molecule has 7 heteroatoms. The third-order valence-corrected chi connectivity index (χ3v) is 5.97. The normalized spacial score (nSPS) is 22.0. The first-order chi connectivity index (χ1) is 10.6. The number of nitrogens with zero attached hydrogens (tertiary/aromatic N) is 3. The fourth-order valence-corrected chi connectivity index (χ4v) is 4.72. The van der Waals surface area contributed by atoms with Crippen molar-refractivity contribution in [1.82, 2.24) is 14.7 Å². The van der Waals surface area contributed by atoms with Gasteiger partial charge in [0.15, 0.2) is 0 Å². The van der Waals surface area contributed by atoms with Crippen LogP contribution in [0.25, 0.3) is 0 Å². The Morgan fingerprint density at radius 1 is 1.55 bits per heavy atom. The Hall–Kier alpha value is -1.47. The van der Waals surface area contributed by atoms with Gasteiger partial charge in [0, 0.05) is 54.1 Å². The van der Waals surface area contributed by atoms with Gasteiger partial charge in [-0.05, 0) is 28.8 Å². The summed E-state index contributed by atoms with van der Waals surface area (Å²) < 4.78 is 13.6. The van der Waals surface area contributed by atoms with Gasteiger partial charge in [0.05, 0.1) is 12.2 Å². The van der Waals surface area contributed by atoms with Crippen LogP contribution in [0, 0.1) is 0 Å². The first kappa shape index (κ1) is 15.4. The molecular weight excluding hydrogens is 318 g/mol. The lowest BCUT2D eigenvalue weighted by molar-refractivity contribution is -0.133. The summed E-state index contributed by atoms with van der Waals surface area (Å²) >= 11 is 1.65. The van der Waals surface area contributed by atoms with Gasteiger partial charge in [0.1, 0.15) is 0 Å². The van der Waals surface area contributed by atoms with E-state index in [9.17, 15) is 9.00 Å². The number of carbonyl (C=O) groups excluding carboxylic acids is 1. The maximum absolute atomic E-state index is 12.6. The summed E-state index contributed by atoms with van der Waals surface area (Å²) in [5, 5.41) is 8.29. The van der Waals surface area contributed by atoms with E-state index in [4.69, 9.17) is 0 Å². The lowest BCUT2D eigenvalue weighted by Crippen LogP contribution is -2.44. The first-order valence-corrected chi connectivity index (χ1v) is 9.70. The minimum absolute atomic E-state index is 0.113. The average Bonchev–Trinajstić information content (AvgIpc) is 3.16. The van der Waals surface area contributed by atoms with E-state index in [0.29, 0.717) is 24.5 Å². The number of aryl methyl sites for hydroxylation is 2. The second-order valence-electron chi connectivity index (χ2n) is 5.49. The number of thiophene rings is 1. The molecule has 3 heterocycles. The van der Waals surface area contributed by atoms with Crippen molar-refractivity contribution in [2.45, 2.75) is 18.9 Å². The fraction of sp³-hybridized carbons (Fsp3) is 0.467. The van der Waals surface area contributed by atoms with Gasteiger partial charge in [-0.25, -0.2) is 0 Å². The molecule has 0 saturated carbocycles. The molecule has 1 fully saturated rings. The minimum Gasteiger partial charge on any atom is -0.334 e. The van der Waals surface area contributed by atoms with Gasteiger partial charge in [-0.15, -0.1) is 0 Å². The van der Waals surface area contributed by atoms with Gasteiger partial charge in [-0.2, -0.15) is 16.4 Å². The highest BCUT2D eigenvalue weighted by molar-refractivity contribution is 7.85. The van der Waals surface area contributed by atoms with Crippen LogP contribution < -0.4 is 0 Å². The molecular formula is C15H19N3O2S2. The van der Waals surface area contributed by atoms with Crippen LogP contribution in [0.2, 0.25) is 0 Å². The first-order valence-electron chi connectivity index (χ1n) is 7.27. The number of rotatable bonds is 4. The molecule has 1 amide bonds. The topological polar surface area (TPSA) is 55.2 Å². The molecule has 22 heavy (non-hydrogen) atoms. The Labute approximate surface area is 136 Å². The summed E-state index contributed by atoms with van der Waals surface area (Å²) in [6.45, 7) is 0.564. The molecule has 1 aliphatic heterocycles. The Bertz CT molecular complexity index is 666. The van der Waals surface area contributed by atoms with Crippen molar-refractivity contribution in [3.05, 3.63) is 40.3 Å². The molecule has 118 valence electrons. The number of amides is 1. The maximum atomic E-state index is 12.6. The van der Waals surface area contributed by atoms with Gasteiger partial charge < -0.3 is 4.90 Å². The van der Waals surface area contributed by atoms with Crippen LogP contribution in [0.1, 0.15) is 23.6 Å². The zero-order valence-corrected chi connectivity index (χ0v) is 14.1. The molecule has 1 saturated heterocycles. The largest absolute Gasteiger partial charge is 0.334 e. The summed E-state index contributed by atoms with van der Waals surface area (Å²) in [6, 6.07) is 1.94. The maximum Gasteiger partial charge on any atom is 0.223 e. The smallest absolute Gasteiger partial charge is 0.223 e. The molecule has 5 nitrogen and oxygen atoms in total. The summed E-state index contributed by atoms with van der Waals surface area (Å²) in [6.07, 6.45) is 4.94. The van der Waals surface area contributed by atoms with E-state index in [1.807, 2.05) is 23.5 Å². The van der Waals surface area contributed by atoms with Crippen molar-refractivity contribution in [2.75, 3.05) is 18.1 Å². The van der Waals surface area contributed by atoms with E-state index in [1.165, 1.54) is 5.56 Å². The second-order valence-corrected chi connectivity index (χ2v) is 7.89. The van der Waals surface area contributed by atoms with Crippen molar-refractivity contribution in [2.24, 2.45) is 7.05 Å². The summed E-state index contributed by atoms with van der Waals surface area (Å²) in [5.74, 6) is 1.22.